The number of aliphatic carboxylic acids is 1. The number of ether oxygens (including phenoxy) is 2. The van der Waals surface area contributed by atoms with E-state index in [2.05, 4.69) is 6.92 Å². The average molecular weight is 449 g/mol. The van der Waals surface area contributed by atoms with Gasteiger partial charge in [0, 0.05) is 19.8 Å². The zero-order valence-electron chi connectivity index (χ0n) is 20.3. The molecule has 0 bridgehead atoms. The van der Waals surface area contributed by atoms with Crippen molar-refractivity contribution >= 4 is 11.9 Å². The first-order valence-corrected chi connectivity index (χ1v) is 12.6. The quantitative estimate of drug-likeness (QED) is 0.128. The number of hydrogen-bond donors (Lipinski definition) is 1. The third-order valence-electron chi connectivity index (χ3n) is 5.81. The molecule has 0 aliphatic carbocycles. The summed E-state index contributed by atoms with van der Waals surface area (Å²) in [6.07, 6.45) is 15.5. The van der Waals surface area contributed by atoms with E-state index in [4.69, 9.17) is 9.47 Å². The molecule has 5 nitrogen and oxygen atoms in total. The van der Waals surface area contributed by atoms with Crippen molar-refractivity contribution in [3.05, 3.63) is 35.9 Å². The summed E-state index contributed by atoms with van der Waals surface area (Å²) in [5, 5.41) is 9.17. The lowest BCUT2D eigenvalue weighted by Gasteiger charge is -2.33. The number of rotatable bonds is 20. The molecule has 182 valence electrons. The van der Waals surface area contributed by atoms with Gasteiger partial charge in [0.05, 0.1) is 13.0 Å². The summed E-state index contributed by atoms with van der Waals surface area (Å²) in [7, 11) is 0. The molecule has 0 aliphatic heterocycles. The van der Waals surface area contributed by atoms with Crippen LogP contribution in [0.25, 0.3) is 0 Å². The van der Waals surface area contributed by atoms with Crippen molar-refractivity contribution in [3.8, 4) is 0 Å². The molecule has 0 fully saturated rings. The number of hydrogen-bond acceptors (Lipinski definition) is 4. The predicted octanol–water partition coefficient (Wildman–Crippen LogP) is 7.42. The minimum atomic E-state index is -1.18. The van der Waals surface area contributed by atoms with Gasteiger partial charge in [0.25, 0.3) is 0 Å². The van der Waals surface area contributed by atoms with Gasteiger partial charge in [-0.3, -0.25) is 9.59 Å². The minimum Gasteiger partial charge on any atom is -0.481 e. The molecule has 1 atom stereocenters. The maximum Gasteiger partial charge on any atom is 0.305 e. The third-order valence-corrected chi connectivity index (χ3v) is 5.81. The van der Waals surface area contributed by atoms with Crippen LogP contribution in [0.3, 0.4) is 0 Å². The summed E-state index contributed by atoms with van der Waals surface area (Å²) in [5.74, 6) is -2.54. The summed E-state index contributed by atoms with van der Waals surface area (Å²) >= 11 is 0. The van der Waals surface area contributed by atoms with Crippen LogP contribution in [-0.4, -0.2) is 22.8 Å². The topological polar surface area (TPSA) is 72.8 Å². The van der Waals surface area contributed by atoms with Crippen molar-refractivity contribution in [2.24, 2.45) is 0 Å². The minimum absolute atomic E-state index is 0.0969. The Bertz CT molecular complexity index is 616. The molecule has 1 aromatic carbocycles. The molecule has 0 radical (unpaired) electrons. The van der Waals surface area contributed by atoms with Gasteiger partial charge in [-0.15, -0.1) is 0 Å². The Morgan fingerprint density at radius 3 is 1.84 bits per heavy atom. The van der Waals surface area contributed by atoms with Gasteiger partial charge in [-0.05, 0) is 12.0 Å². The Kier molecular flexibility index (Phi) is 15.5. The van der Waals surface area contributed by atoms with Gasteiger partial charge in [0.2, 0.25) is 5.79 Å². The first-order chi connectivity index (χ1) is 15.5. The zero-order valence-corrected chi connectivity index (χ0v) is 20.3. The second kappa shape index (κ2) is 17.6. The molecule has 0 amide bonds. The Morgan fingerprint density at radius 1 is 0.812 bits per heavy atom. The number of benzene rings is 1. The summed E-state index contributed by atoms with van der Waals surface area (Å²) in [6, 6.07) is 9.67. The summed E-state index contributed by atoms with van der Waals surface area (Å²) in [6.45, 7) is 3.88. The van der Waals surface area contributed by atoms with Crippen molar-refractivity contribution < 1.29 is 24.2 Å². The maximum absolute atomic E-state index is 11.8. The Morgan fingerprint density at radius 2 is 1.34 bits per heavy atom. The van der Waals surface area contributed by atoms with Crippen LogP contribution in [0.4, 0.5) is 0 Å². The first kappa shape index (κ1) is 28.2. The van der Waals surface area contributed by atoms with Gasteiger partial charge in [-0.25, -0.2) is 0 Å². The maximum atomic E-state index is 11.8. The van der Waals surface area contributed by atoms with Crippen LogP contribution in [0.2, 0.25) is 0 Å². The van der Waals surface area contributed by atoms with Gasteiger partial charge in [-0.1, -0.05) is 108 Å². The Labute approximate surface area is 194 Å². The van der Waals surface area contributed by atoms with Crippen molar-refractivity contribution in [2.75, 3.05) is 0 Å². The number of carboxylic acids is 1. The van der Waals surface area contributed by atoms with Crippen molar-refractivity contribution in [1.29, 1.82) is 0 Å². The molecule has 1 N–H and O–H groups in total. The highest BCUT2D eigenvalue weighted by molar-refractivity contribution is 5.68. The summed E-state index contributed by atoms with van der Waals surface area (Å²) in [5.41, 5.74) is 0.967. The second-order valence-corrected chi connectivity index (χ2v) is 8.81. The molecule has 1 unspecified atom stereocenters. The number of unbranched alkanes of at least 4 members (excludes halogenated alkanes) is 11. The highest BCUT2D eigenvalue weighted by Crippen LogP contribution is 2.29. The van der Waals surface area contributed by atoms with Crippen LogP contribution < -0.4 is 0 Å². The molecule has 0 aliphatic rings. The number of esters is 1. The van der Waals surface area contributed by atoms with Gasteiger partial charge in [0.1, 0.15) is 0 Å². The van der Waals surface area contributed by atoms with Crippen LogP contribution in [0.15, 0.2) is 30.3 Å². The molecule has 1 aromatic rings. The summed E-state index contributed by atoms with van der Waals surface area (Å²) < 4.78 is 11.7. The van der Waals surface area contributed by atoms with E-state index in [0.29, 0.717) is 6.42 Å². The molecule has 0 aromatic heterocycles. The number of carboxylic acid groups (broad SMARTS) is 1. The highest BCUT2D eigenvalue weighted by atomic mass is 16.7. The molecule has 0 heterocycles. The van der Waals surface area contributed by atoms with Gasteiger partial charge >= 0.3 is 11.9 Å². The Balaban J connectivity index is 2.41. The smallest absolute Gasteiger partial charge is 0.305 e. The van der Waals surface area contributed by atoms with E-state index in [1.807, 2.05) is 30.3 Å². The van der Waals surface area contributed by atoms with Crippen LogP contribution in [-0.2, 0) is 25.7 Å². The molecule has 0 saturated heterocycles. The lowest BCUT2D eigenvalue weighted by molar-refractivity contribution is -0.243. The fraction of sp³-hybridized carbons (Fsp3) is 0.704. The molecular weight excluding hydrogens is 404 g/mol. The standard InChI is InChI=1S/C27H44O5/c1-3-4-5-6-7-8-9-10-11-12-13-17-21-27(32-24(2)28,22-20-26(29)30)31-23-25-18-15-14-16-19-25/h14-16,18-19H,3-13,17,20-23H2,1-2H3,(H,29,30). The lowest BCUT2D eigenvalue weighted by Crippen LogP contribution is -2.38. The summed E-state index contributed by atoms with van der Waals surface area (Å²) in [4.78, 5) is 23.0. The van der Waals surface area contributed by atoms with E-state index in [9.17, 15) is 14.7 Å². The monoisotopic (exact) mass is 448 g/mol. The first-order valence-electron chi connectivity index (χ1n) is 12.6. The fourth-order valence-electron chi connectivity index (χ4n) is 3.98. The molecule has 1 rings (SSSR count). The van der Waals surface area contributed by atoms with Crippen LogP contribution in [0.5, 0.6) is 0 Å². The van der Waals surface area contributed by atoms with Crippen LogP contribution in [0, 0.1) is 0 Å². The largest absolute Gasteiger partial charge is 0.481 e. The Hall–Kier alpha value is -1.88. The molecule has 5 heteroatoms. The SMILES string of the molecule is CCCCCCCCCCCCCCC(CCC(=O)O)(OCc1ccccc1)OC(C)=O. The van der Waals surface area contributed by atoms with Gasteiger partial charge in [0.15, 0.2) is 0 Å². The highest BCUT2D eigenvalue weighted by Gasteiger charge is 2.35. The van der Waals surface area contributed by atoms with E-state index in [1.54, 1.807) is 0 Å². The average Bonchev–Trinajstić information content (AvgIpc) is 2.77. The van der Waals surface area contributed by atoms with Crippen LogP contribution >= 0.6 is 0 Å². The van der Waals surface area contributed by atoms with E-state index in [-0.39, 0.29) is 19.4 Å². The van der Waals surface area contributed by atoms with E-state index < -0.39 is 17.7 Å². The van der Waals surface area contributed by atoms with E-state index in [1.165, 1.54) is 64.7 Å². The predicted molar refractivity (Wildman–Crippen MR) is 128 cm³/mol. The number of carbonyl (C=O) groups excluding carboxylic acids is 1. The zero-order chi connectivity index (χ0) is 23.5. The van der Waals surface area contributed by atoms with Crippen molar-refractivity contribution in [2.45, 2.75) is 123 Å². The fourth-order valence-corrected chi connectivity index (χ4v) is 3.98. The van der Waals surface area contributed by atoms with Gasteiger partial charge in [-0.2, -0.15) is 0 Å². The lowest BCUT2D eigenvalue weighted by atomic mass is 10.00. The second-order valence-electron chi connectivity index (χ2n) is 8.81. The van der Waals surface area contributed by atoms with Crippen molar-refractivity contribution in [3.63, 3.8) is 0 Å². The van der Waals surface area contributed by atoms with Crippen LogP contribution in [0.1, 0.15) is 116 Å². The van der Waals surface area contributed by atoms with E-state index in [0.717, 1.165) is 24.8 Å². The van der Waals surface area contributed by atoms with Gasteiger partial charge < -0.3 is 14.6 Å². The normalized spacial score (nSPS) is 12.9. The molecule has 0 saturated carbocycles. The van der Waals surface area contributed by atoms with E-state index >= 15 is 0 Å². The third kappa shape index (κ3) is 14.2. The van der Waals surface area contributed by atoms with Crippen molar-refractivity contribution in [1.82, 2.24) is 0 Å². The molecule has 32 heavy (non-hydrogen) atoms. The number of carbonyl (C=O) groups is 2. The molecular formula is C27H44O5. The molecule has 0 spiro atoms.